The Bertz CT molecular complexity index is 444. The van der Waals surface area contributed by atoms with Crippen molar-refractivity contribution in [2.75, 3.05) is 13.1 Å². The van der Waals surface area contributed by atoms with Gasteiger partial charge in [0.05, 0.1) is 6.04 Å². The van der Waals surface area contributed by atoms with Crippen LogP contribution in [0.4, 0.5) is 8.78 Å². The van der Waals surface area contributed by atoms with E-state index in [2.05, 4.69) is 10.6 Å². The van der Waals surface area contributed by atoms with Crippen LogP contribution in [0.25, 0.3) is 0 Å². The number of rotatable bonds is 1. The molecule has 90 valence electrons. The van der Waals surface area contributed by atoms with Crippen LogP contribution in [-0.4, -0.2) is 13.1 Å². The Morgan fingerprint density at radius 2 is 1.94 bits per heavy atom. The van der Waals surface area contributed by atoms with Gasteiger partial charge in [0.15, 0.2) is 0 Å². The molecule has 0 aliphatic carbocycles. The van der Waals surface area contributed by atoms with Gasteiger partial charge in [0.25, 0.3) is 0 Å². The lowest BCUT2D eigenvalue weighted by Crippen LogP contribution is -2.26. The molecule has 1 atom stereocenters. The molecule has 2 N–H and O–H groups in total. The SMILES string of the molecule is Fc1cccc(F)c1C1CC2=C(CCNC2)N1. The number of halogens is 2. The third-order valence-corrected chi connectivity index (χ3v) is 3.46. The van der Waals surface area contributed by atoms with Crippen molar-refractivity contribution in [3.63, 3.8) is 0 Å². The Labute approximate surface area is 98.7 Å². The van der Waals surface area contributed by atoms with Gasteiger partial charge in [-0.1, -0.05) is 6.07 Å². The molecule has 1 aromatic carbocycles. The Morgan fingerprint density at radius 3 is 2.65 bits per heavy atom. The third kappa shape index (κ3) is 1.82. The first-order valence-electron chi connectivity index (χ1n) is 5.88. The van der Waals surface area contributed by atoms with E-state index in [0.29, 0.717) is 6.42 Å². The summed E-state index contributed by atoms with van der Waals surface area (Å²) < 4.78 is 27.3. The third-order valence-electron chi connectivity index (χ3n) is 3.46. The average molecular weight is 236 g/mol. The molecule has 0 saturated heterocycles. The standard InChI is InChI=1S/C13H14F2N2/c14-9-2-1-3-10(15)13(9)12-6-8-7-16-5-4-11(8)17-12/h1-3,12,16-17H,4-7H2. The van der Waals surface area contributed by atoms with E-state index in [1.165, 1.54) is 23.8 Å². The Kier molecular flexibility index (Phi) is 2.59. The van der Waals surface area contributed by atoms with Crippen molar-refractivity contribution in [2.24, 2.45) is 0 Å². The molecule has 0 saturated carbocycles. The molecular weight excluding hydrogens is 222 g/mol. The zero-order valence-electron chi connectivity index (χ0n) is 9.39. The smallest absolute Gasteiger partial charge is 0.131 e. The summed E-state index contributed by atoms with van der Waals surface area (Å²) in [4.78, 5) is 0. The molecule has 1 unspecified atom stereocenters. The number of hydrogen-bond acceptors (Lipinski definition) is 2. The summed E-state index contributed by atoms with van der Waals surface area (Å²) in [5.74, 6) is -0.925. The van der Waals surface area contributed by atoms with Gasteiger partial charge in [-0.05, 0) is 30.5 Å². The molecular formula is C13H14F2N2. The predicted octanol–water partition coefficient (Wildman–Crippen LogP) is 2.25. The van der Waals surface area contributed by atoms with Crippen molar-refractivity contribution >= 4 is 0 Å². The lowest BCUT2D eigenvalue weighted by Gasteiger charge is -2.16. The first kappa shape index (κ1) is 10.7. The second-order valence-corrected chi connectivity index (χ2v) is 4.55. The minimum atomic E-state index is -0.463. The normalized spacial score (nSPS) is 23.5. The van der Waals surface area contributed by atoms with Crippen molar-refractivity contribution < 1.29 is 8.78 Å². The monoisotopic (exact) mass is 236 g/mol. The van der Waals surface area contributed by atoms with Gasteiger partial charge in [-0.25, -0.2) is 8.78 Å². The van der Waals surface area contributed by atoms with E-state index in [4.69, 9.17) is 0 Å². The van der Waals surface area contributed by atoms with Crippen LogP contribution in [0.1, 0.15) is 24.4 Å². The zero-order valence-corrected chi connectivity index (χ0v) is 9.39. The Morgan fingerprint density at radius 1 is 1.18 bits per heavy atom. The van der Waals surface area contributed by atoms with Gasteiger partial charge in [0.1, 0.15) is 11.6 Å². The highest BCUT2D eigenvalue weighted by Gasteiger charge is 2.29. The van der Waals surface area contributed by atoms with Crippen LogP contribution >= 0.6 is 0 Å². The highest BCUT2D eigenvalue weighted by atomic mass is 19.1. The topological polar surface area (TPSA) is 24.1 Å². The van der Waals surface area contributed by atoms with E-state index in [9.17, 15) is 8.78 Å². The molecule has 1 aromatic rings. The van der Waals surface area contributed by atoms with Crippen LogP contribution in [0.5, 0.6) is 0 Å². The molecule has 0 amide bonds. The molecule has 17 heavy (non-hydrogen) atoms. The summed E-state index contributed by atoms with van der Waals surface area (Å²) in [5, 5.41) is 6.52. The molecule has 4 heteroatoms. The van der Waals surface area contributed by atoms with Crippen LogP contribution in [0, 0.1) is 11.6 Å². The highest BCUT2D eigenvalue weighted by Crippen LogP contribution is 2.34. The summed E-state index contributed by atoms with van der Waals surface area (Å²) >= 11 is 0. The highest BCUT2D eigenvalue weighted by molar-refractivity contribution is 5.33. The average Bonchev–Trinajstić information content (AvgIpc) is 2.71. The van der Waals surface area contributed by atoms with Crippen molar-refractivity contribution in [3.8, 4) is 0 Å². The summed E-state index contributed by atoms with van der Waals surface area (Å²) in [6.45, 7) is 1.76. The lowest BCUT2D eigenvalue weighted by atomic mass is 10.0. The summed E-state index contributed by atoms with van der Waals surface area (Å²) in [6.07, 6.45) is 1.61. The maximum atomic E-state index is 13.7. The van der Waals surface area contributed by atoms with E-state index in [-0.39, 0.29) is 11.6 Å². The maximum Gasteiger partial charge on any atom is 0.131 e. The second-order valence-electron chi connectivity index (χ2n) is 4.55. The van der Waals surface area contributed by atoms with Gasteiger partial charge in [0, 0.05) is 24.4 Å². The maximum absolute atomic E-state index is 13.7. The van der Waals surface area contributed by atoms with Crippen molar-refractivity contribution in [2.45, 2.75) is 18.9 Å². The summed E-state index contributed by atoms with van der Waals surface area (Å²) in [5.41, 5.74) is 2.59. The molecule has 2 nitrogen and oxygen atoms in total. The largest absolute Gasteiger partial charge is 0.381 e. The summed E-state index contributed by atoms with van der Waals surface area (Å²) in [7, 11) is 0. The summed E-state index contributed by atoms with van der Waals surface area (Å²) in [6, 6.07) is 3.78. The minimum absolute atomic E-state index is 0.168. The lowest BCUT2D eigenvalue weighted by molar-refractivity contribution is 0.507. The van der Waals surface area contributed by atoms with Gasteiger partial charge in [-0.15, -0.1) is 0 Å². The number of nitrogens with one attached hydrogen (secondary N) is 2. The number of benzene rings is 1. The Hall–Kier alpha value is -1.42. The molecule has 0 bridgehead atoms. The van der Waals surface area contributed by atoms with E-state index in [0.717, 1.165) is 25.2 Å². The first-order valence-corrected chi connectivity index (χ1v) is 5.88. The van der Waals surface area contributed by atoms with Gasteiger partial charge in [0.2, 0.25) is 0 Å². The van der Waals surface area contributed by atoms with Crippen LogP contribution in [-0.2, 0) is 0 Å². The molecule has 2 heterocycles. The molecule has 0 spiro atoms. The number of hydrogen-bond donors (Lipinski definition) is 2. The van der Waals surface area contributed by atoms with Crippen LogP contribution in [0.2, 0.25) is 0 Å². The first-order chi connectivity index (χ1) is 8.25. The quantitative estimate of drug-likeness (QED) is 0.781. The van der Waals surface area contributed by atoms with Gasteiger partial charge < -0.3 is 10.6 Å². The Balaban J connectivity index is 1.89. The van der Waals surface area contributed by atoms with Crippen LogP contribution in [0.15, 0.2) is 29.5 Å². The van der Waals surface area contributed by atoms with E-state index in [1.54, 1.807) is 0 Å². The zero-order chi connectivity index (χ0) is 11.8. The van der Waals surface area contributed by atoms with E-state index in [1.807, 2.05) is 0 Å². The van der Waals surface area contributed by atoms with Gasteiger partial charge in [-0.3, -0.25) is 0 Å². The second kappa shape index (κ2) is 4.11. The van der Waals surface area contributed by atoms with Crippen molar-refractivity contribution in [1.82, 2.24) is 10.6 Å². The molecule has 0 fully saturated rings. The minimum Gasteiger partial charge on any atom is -0.381 e. The predicted molar refractivity (Wildman–Crippen MR) is 61.4 cm³/mol. The molecule has 0 radical (unpaired) electrons. The van der Waals surface area contributed by atoms with Gasteiger partial charge >= 0.3 is 0 Å². The fourth-order valence-corrected chi connectivity index (χ4v) is 2.63. The fourth-order valence-electron chi connectivity index (χ4n) is 2.63. The molecule has 2 aliphatic rings. The van der Waals surface area contributed by atoms with Crippen molar-refractivity contribution in [1.29, 1.82) is 0 Å². The van der Waals surface area contributed by atoms with Gasteiger partial charge in [-0.2, -0.15) is 0 Å². The molecule has 0 aromatic heterocycles. The molecule has 2 aliphatic heterocycles. The van der Waals surface area contributed by atoms with Crippen molar-refractivity contribution in [3.05, 3.63) is 46.7 Å². The fraction of sp³-hybridized carbons (Fsp3) is 0.385. The van der Waals surface area contributed by atoms with E-state index < -0.39 is 11.6 Å². The molecule has 3 rings (SSSR count). The van der Waals surface area contributed by atoms with Crippen LogP contribution in [0.3, 0.4) is 0 Å². The van der Waals surface area contributed by atoms with E-state index >= 15 is 0 Å². The van der Waals surface area contributed by atoms with Crippen LogP contribution < -0.4 is 10.6 Å².